The maximum Gasteiger partial charge on any atom is 0.164 e. The standard InChI is InChI=1S/C40H24N4S/c1-3-10-25(11-4-1)38-42-39(26-12-5-2-6-13-26)44-40(43-38)35-23-28(22-27-14-7-8-15-29(27)35)30-16-9-17-33-31(30)18-19-34-32-20-21-41-24-36(32)45-37(33)34/h1-24H. The van der Waals surface area contributed by atoms with Crippen molar-refractivity contribution >= 4 is 53.1 Å². The maximum atomic E-state index is 5.09. The van der Waals surface area contributed by atoms with Crippen LogP contribution in [0.3, 0.4) is 0 Å². The average Bonchev–Trinajstić information content (AvgIpc) is 3.51. The summed E-state index contributed by atoms with van der Waals surface area (Å²) in [6.07, 6.45) is 3.84. The first-order chi connectivity index (χ1) is 22.3. The van der Waals surface area contributed by atoms with E-state index < -0.39 is 0 Å². The second kappa shape index (κ2) is 10.4. The highest BCUT2D eigenvalue weighted by molar-refractivity contribution is 7.26. The van der Waals surface area contributed by atoms with E-state index in [9.17, 15) is 0 Å². The summed E-state index contributed by atoms with van der Waals surface area (Å²) in [5, 5.41) is 7.23. The van der Waals surface area contributed by atoms with Gasteiger partial charge in [-0.1, -0.05) is 115 Å². The van der Waals surface area contributed by atoms with E-state index in [1.54, 1.807) is 0 Å². The van der Waals surface area contributed by atoms with Crippen molar-refractivity contribution < 1.29 is 0 Å². The molecule has 3 aromatic heterocycles. The van der Waals surface area contributed by atoms with Crippen molar-refractivity contribution in [2.24, 2.45) is 0 Å². The zero-order valence-corrected chi connectivity index (χ0v) is 24.9. The molecule has 4 nitrogen and oxygen atoms in total. The monoisotopic (exact) mass is 592 g/mol. The van der Waals surface area contributed by atoms with Crippen molar-refractivity contribution in [1.82, 2.24) is 19.9 Å². The van der Waals surface area contributed by atoms with Gasteiger partial charge in [0.25, 0.3) is 0 Å². The molecule has 6 aromatic carbocycles. The number of aromatic nitrogens is 4. The molecule has 0 spiro atoms. The summed E-state index contributed by atoms with van der Waals surface area (Å²) in [7, 11) is 0. The van der Waals surface area contributed by atoms with Gasteiger partial charge < -0.3 is 0 Å². The first-order valence-corrected chi connectivity index (χ1v) is 15.7. The second-order valence-corrected chi connectivity index (χ2v) is 12.2. The van der Waals surface area contributed by atoms with E-state index >= 15 is 0 Å². The molecule has 0 aliphatic carbocycles. The highest BCUT2D eigenvalue weighted by Gasteiger charge is 2.17. The van der Waals surface area contributed by atoms with Gasteiger partial charge in [-0.2, -0.15) is 0 Å². The van der Waals surface area contributed by atoms with Crippen molar-refractivity contribution in [2.75, 3.05) is 0 Å². The van der Waals surface area contributed by atoms with E-state index in [2.05, 4.69) is 77.8 Å². The molecular weight excluding hydrogens is 569 g/mol. The Balaban J connectivity index is 1.30. The number of nitrogens with zero attached hydrogens (tertiary/aromatic N) is 4. The smallest absolute Gasteiger partial charge is 0.164 e. The molecule has 5 heteroatoms. The number of rotatable bonds is 4. The van der Waals surface area contributed by atoms with Gasteiger partial charge in [0.2, 0.25) is 0 Å². The topological polar surface area (TPSA) is 51.6 Å². The minimum Gasteiger partial charge on any atom is -0.263 e. The van der Waals surface area contributed by atoms with Crippen LogP contribution < -0.4 is 0 Å². The predicted molar refractivity (Wildman–Crippen MR) is 187 cm³/mol. The van der Waals surface area contributed by atoms with E-state index in [1.807, 2.05) is 84.4 Å². The Morgan fingerprint density at radius 3 is 1.84 bits per heavy atom. The normalized spacial score (nSPS) is 11.6. The highest BCUT2D eigenvalue weighted by Crippen LogP contribution is 2.42. The first-order valence-electron chi connectivity index (χ1n) is 14.9. The van der Waals surface area contributed by atoms with Gasteiger partial charge in [-0.25, -0.2) is 15.0 Å². The average molecular weight is 593 g/mol. The van der Waals surface area contributed by atoms with E-state index in [0.29, 0.717) is 17.5 Å². The summed E-state index contributed by atoms with van der Waals surface area (Å²) < 4.78 is 2.49. The van der Waals surface area contributed by atoms with Crippen molar-refractivity contribution in [3.05, 3.63) is 146 Å². The largest absolute Gasteiger partial charge is 0.263 e. The fourth-order valence-corrected chi connectivity index (χ4v) is 7.48. The van der Waals surface area contributed by atoms with Gasteiger partial charge in [-0.05, 0) is 45.5 Å². The summed E-state index contributed by atoms with van der Waals surface area (Å²) in [5.41, 5.74) is 5.19. The quantitative estimate of drug-likeness (QED) is 0.204. The van der Waals surface area contributed by atoms with Crippen LogP contribution in [0.1, 0.15) is 0 Å². The molecule has 9 rings (SSSR count). The van der Waals surface area contributed by atoms with Crippen LogP contribution in [-0.2, 0) is 0 Å². The van der Waals surface area contributed by atoms with Crippen LogP contribution in [0.15, 0.2) is 146 Å². The summed E-state index contributed by atoms with van der Waals surface area (Å²) in [6, 6.07) is 46.5. The molecule has 0 N–H and O–H groups in total. The Kier molecular flexibility index (Phi) is 5.96. The molecule has 45 heavy (non-hydrogen) atoms. The Labute approximate surface area is 263 Å². The van der Waals surface area contributed by atoms with Gasteiger partial charge in [0.1, 0.15) is 0 Å². The molecule has 9 aromatic rings. The summed E-state index contributed by atoms with van der Waals surface area (Å²) in [5.74, 6) is 1.96. The molecule has 210 valence electrons. The van der Waals surface area contributed by atoms with E-state index in [-0.39, 0.29) is 0 Å². The molecule has 0 aliphatic rings. The van der Waals surface area contributed by atoms with Gasteiger partial charge >= 0.3 is 0 Å². The van der Waals surface area contributed by atoms with Gasteiger partial charge in [-0.3, -0.25) is 4.98 Å². The third kappa shape index (κ3) is 4.36. The van der Waals surface area contributed by atoms with Crippen LogP contribution in [0.25, 0.3) is 87.0 Å². The van der Waals surface area contributed by atoms with Crippen LogP contribution in [0.4, 0.5) is 0 Å². The molecular formula is C40H24N4S. The summed E-state index contributed by atoms with van der Waals surface area (Å²) >= 11 is 1.81. The second-order valence-electron chi connectivity index (χ2n) is 11.1. The SMILES string of the molecule is c1ccc(-c2nc(-c3ccccc3)nc(-c3cc(-c4cccc5c4ccc4c6ccncc6sc54)cc4ccccc34)n2)cc1. The van der Waals surface area contributed by atoms with Gasteiger partial charge in [0.05, 0.1) is 4.70 Å². The first kappa shape index (κ1) is 25.7. The van der Waals surface area contributed by atoms with Crippen molar-refractivity contribution in [1.29, 1.82) is 0 Å². The van der Waals surface area contributed by atoms with E-state index in [0.717, 1.165) is 33.0 Å². The molecule has 0 aliphatic heterocycles. The molecule has 0 amide bonds. The third-order valence-corrected chi connectivity index (χ3v) is 9.60. The van der Waals surface area contributed by atoms with Crippen LogP contribution in [0.2, 0.25) is 0 Å². The molecule has 0 bridgehead atoms. The van der Waals surface area contributed by atoms with Crippen LogP contribution in [0.5, 0.6) is 0 Å². The van der Waals surface area contributed by atoms with Gasteiger partial charge in [0, 0.05) is 49.9 Å². The number of benzene rings is 6. The molecule has 3 heterocycles. The zero-order valence-electron chi connectivity index (χ0n) is 24.1. The van der Waals surface area contributed by atoms with Gasteiger partial charge in [0.15, 0.2) is 17.5 Å². The minimum absolute atomic E-state index is 0.653. The molecule has 0 unspecified atom stereocenters. The zero-order chi connectivity index (χ0) is 29.7. The number of thiophene rings is 1. The van der Waals surface area contributed by atoms with Crippen molar-refractivity contribution in [3.63, 3.8) is 0 Å². The maximum absolute atomic E-state index is 5.09. The molecule has 0 fully saturated rings. The lowest BCUT2D eigenvalue weighted by Crippen LogP contribution is -2.00. The van der Waals surface area contributed by atoms with Crippen LogP contribution in [-0.4, -0.2) is 19.9 Å². The number of pyridine rings is 1. The Morgan fingerprint density at radius 2 is 1.07 bits per heavy atom. The molecule has 0 radical (unpaired) electrons. The van der Waals surface area contributed by atoms with E-state index in [1.165, 1.54) is 36.5 Å². The Morgan fingerprint density at radius 1 is 0.422 bits per heavy atom. The lowest BCUT2D eigenvalue weighted by Gasteiger charge is -2.14. The lowest BCUT2D eigenvalue weighted by molar-refractivity contribution is 1.08. The third-order valence-electron chi connectivity index (χ3n) is 8.41. The van der Waals surface area contributed by atoms with Gasteiger partial charge in [-0.15, -0.1) is 11.3 Å². The molecule has 0 atom stereocenters. The van der Waals surface area contributed by atoms with E-state index in [4.69, 9.17) is 15.0 Å². The Hall–Kier alpha value is -5.78. The summed E-state index contributed by atoms with van der Waals surface area (Å²) in [4.78, 5) is 19.5. The van der Waals surface area contributed by atoms with Crippen LogP contribution in [0, 0.1) is 0 Å². The number of hydrogen-bond donors (Lipinski definition) is 0. The number of fused-ring (bicyclic) bond motifs is 6. The molecule has 0 saturated carbocycles. The number of hydrogen-bond acceptors (Lipinski definition) is 5. The van der Waals surface area contributed by atoms with Crippen molar-refractivity contribution in [2.45, 2.75) is 0 Å². The van der Waals surface area contributed by atoms with Crippen LogP contribution >= 0.6 is 11.3 Å². The lowest BCUT2D eigenvalue weighted by atomic mass is 9.93. The van der Waals surface area contributed by atoms with Crippen molar-refractivity contribution in [3.8, 4) is 45.3 Å². The summed E-state index contributed by atoms with van der Waals surface area (Å²) in [6.45, 7) is 0. The minimum atomic E-state index is 0.653. The highest BCUT2D eigenvalue weighted by atomic mass is 32.1. The predicted octanol–water partition coefficient (Wildman–Crippen LogP) is 10.6. The Bertz CT molecular complexity index is 2480. The molecule has 0 saturated heterocycles. The fourth-order valence-electron chi connectivity index (χ4n) is 6.28. The fraction of sp³-hybridized carbons (Fsp3) is 0.